The van der Waals surface area contributed by atoms with Gasteiger partial charge in [0.2, 0.25) is 0 Å². The van der Waals surface area contributed by atoms with Crippen molar-refractivity contribution >= 4 is 28.4 Å². The molecule has 2 N–H and O–H groups in total. The first-order chi connectivity index (χ1) is 8.22. The summed E-state index contributed by atoms with van der Waals surface area (Å²) in [6, 6.07) is 0.533. The van der Waals surface area contributed by atoms with Crippen molar-refractivity contribution in [2.45, 2.75) is 30.2 Å². The minimum Gasteiger partial charge on any atom is -0.372 e. The summed E-state index contributed by atoms with van der Waals surface area (Å²) in [6.45, 7) is 7.55. The first-order valence-corrected chi connectivity index (χ1v) is 7.80. The minimum absolute atomic E-state index is 0.533. The summed E-state index contributed by atoms with van der Waals surface area (Å²) < 4.78 is 0.671. The second-order valence-electron chi connectivity index (χ2n) is 4.90. The van der Waals surface area contributed by atoms with E-state index in [4.69, 9.17) is 0 Å². The average molecular weight is 347 g/mol. The maximum absolute atomic E-state index is 4.50. The molecular weight excluding hydrogens is 325 g/mol. The van der Waals surface area contributed by atoms with Gasteiger partial charge < -0.3 is 10.6 Å². The molecule has 3 nitrogen and oxygen atoms in total. The van der Waals surface area contributed by atoms with E-state index < -0.39 is 0 Å². The molecule has 1 aliphatic heterocycles. The van der Waals surface area contributed by atoms with Crippen LogP contribution in [0.25, 0.3) is 0 Å². The van der Waals surface area contributed by atoms with Crippen LogP contribution in [-0.4, -0.2) is 35.4 Å². The van der Waals surface area contributed by atoms with Gasteiger partial charge in [-0.25, -0.2) is 0 Å². The highest BCUT2D eigenvalue weighted by molar-refractivity contribution is 14.1. The number of alkyl halides is 1. The van der Waals surface area contributed by atoms with Gasteiger partial charge in [0.1, 0.15) is 0 Å². The third kappa shape index (κ3) is 3.22. The Morgan fingerprint density at radius 2 is 2.35 bits per heavy atom. The van der Waals surface area contributed by atoms with Gasteiger partial charge in [0.15, 0.2) is 0 Å². The molecule has 0 aromatic carbocycles. The second-order valence-corrected chi connectivity index (χ2v) is 6.33. The van der Waals surface area contributed by atoms with Crippen molar-refractivity contribution in [3.63, 3.8) is 0 Å². The van der Waals surface area contributed by atoms with Gasteiger partial charge in [-0.15, -0.1) is 0 Å². The van der Waals surface area contributed by atoms with Gasteiger partial charge in [-0.1, -0.05) is 48.6 Å². The van der Waals surface area contributed by atoms with E-state index in [1.807, 2.05) is 0 Å². The predicted octanol–water partition coefficient (Wildman–Crippen LogP) is 1.98. The highest BCUT2D eigenvalue weighted by Gasteiger charge is 2.31. The van der Waals surface area contributed by atoms with E-state index in [0.29, 0.717) is 21.8 Å². The Morgan fingerprint density at radius 1 is 1.53 bits per heavy atom. The SMILES string of the molecule is CCNC1C=CC(CC2=NCCN2)C(C)C1I. The van der Waals surface area contributed by atoms with Gasteiger partial charge in [0.05, 0.1) is 12.4 Å². The molecule has 0 spiro atoms. The first-order valence-electron chi connectivity index (χ1n) is 6.55. The molecule has 0 fully saturated rings. The lowest BCUT2D eigenvalue weighted by Crippen LogP contribution is -2.43. The molecular formula is C13H22IN3. The quantitative estimate of drug-likeness (QED) is 0.464. The Labute approximate surface area is 118 Å². The van der Waals surface area contributed by atoms with Crippen molar-refractivity contribution in [2.75, 3.05) is 19.6 Å². The fourth-order valence-corrected chi connectivity index (χ4v) is 3.61. The molecule has 0 radical (unpaired) electrons. The Morgan fingerprint density at radius 3 is 3.00 bits per heavy atom. The number of aliphatic imine (C=N–C) groups is 1. The maximum atomic E-state index is 4.50. The van der Waals surface area contributed by atoms with Crippen LogP contribution in [0.2, 0.25) is 0 Å². The molecule has 4 atom stereocenters. The third-order valence-corrected chi connectivity index (χ3v) is 5.61. The lowest BCUT2D eigenvalue weighted by atomic mass is 9.81. The molecule has 2 aliphatic rings. The smallest absolute Gasteiger partial charge is 0.0970 e. The van der Waals surface area contributed by atoms with E-state index in [1.54, 1.807) is 0 Å². The van der Waals surface area contributed by atoms with Gasteiger partial charge in [0.25, 0.3) is 0 Å². The molecule has 0 amide bonds. The van der Waals surface area contributed by atoms with Gasteiger partial charge in [-0.05, 0) is 18.4 Å². The van der Waals surface area contributed by atoms with E-state index in [0.717, 1.165) is 26.1 Å². The van der Waals surface area contributed by atoms with Gasteiger partial charge >= 0.3 is 0 Å². The molecule has 2 rings (SSSR count). The molecule has 1 aliphatic carbocycles. The van der Waals surface area contributed by atoms with Crippen LogP contribution in [-0.2, 0) is 0 Å². The zero-order chi connectivity index (χ0) is 12.3. The number of allylic oxidation sites excluding steroid dienone is 1. The number of nitrogens with one attached hydrogen (secondary N) is 2. The molecule has 4 unspecified atom stereocenters. The largest absolute Gasteiger partial charge is 0.372 e. The molecule has 17 heavy (non-hydrogen) atoms. The van der Waals surface area contributed by atoms with Crippen molar-refractivity contribution in [1.29, 1.82) is 0 Å². The van der Waals surface area contributed by atoms with Crippen molar-refractivity contribution in [3.8, 4) is 0 Å². The Bertz CT molecular complexity index is 314. The summed E-state index contributed by atoms with van der Waals surface area (Å²) in [6.07, 6.45) is 5.81. The zero-order valence-electron chi connectivity index (χ0n) is 10.6. The number of rotatable bonds is 4. The van der Waals surface area contributed by atoms with E-state index in [2.05, 4.69) is 64.2 Å². The number of likely N-dealkylation sites (N-methyl/N-ethyl adjacent to an activating group) is 1. The molecule has 1 heterocycles. The van der Waals surface area contributed by atoms with Crippen LogP contribution < -0.4 is 10.6 Å². The summed E-state index contributed by atoms with van der Waals surface area (Å²) in [7, 11) is 0. The highest BCUT2D eigenvalue weighted by Crippen LogP contribution is 2.32. The van der Waals surface area contributed by atoms with Crippen LogP contribution in [0.15, 0.2) is 17.1 Å². The van der Waals surface area contributed by atoms with Crippen molar-refractivity contribution in [3.05, 3.63) is 12.2 Å². The molecule has 0 saturated carbocycles. The number of nitrogens with zero attached hydrogens (tertiary/aromatic N) is 1. The van der Waals surface area contributed by atoms with E-state index in [-0.39, 0.29) is 0 Å². The summed E-state index contributed by atoms with van der Waals surface area (Å²) in [4.78, 5) is 4.50. The fourth-order valence-electron chi connectivity index (χ4n) is 2.58. The number of amidine groups is 1. The number of hydrogen-bond acceptors (Lipinski definition) is 3. The van der Waals surface area contributed by atoms with Crippen molar-refractivity contribution < 1.29 is 0 Å². The molecule has 0 aromatic rings. The molecule has 0 aromatic heterocycles. The zero-order valence-corrected chi connectivity index (χ0v) is 12.8. The Kier molecular flexibility index (Phi) is 4.85. The van der Waals surface area contributed by atoms with Crippen LogP contribution in [0, 0.1) is 11.8 Å². The summed E-state index contributed by atoms with van der Waals surface area (Å²) in [5.74, 6) is 2.54. The summed E-state index contributed by atoms with van der Waals surface area (Å²) >= 11 is 2.60. The van der Waals surface area contributed by atoms with E-state index in [9.17, 15) is 0 Å². The Balaban J connectivity index is 1.97. The third-order valence-electron chi connectivity index (χ3n) is 3.70. The normalized spacial score (nSPS) is 36.8. The maximum Gasteiger partial charge on any atom is 0.0970 e. The summed E-state index contributed by atoms with van der Waals surface area (Å²) in [5, 5.41) is 6.91. The van der Waals surface area contributed by atoms with Crippen LogP contribution in [0.4, 0.5) is 0 Å². The fraction of sp³-hybridized carbons (Fsp3) is 0.769. The highest BCUT2D eigenvalue weighted by atomic mass is 127. The predicted molar refractivity (Wildman–Crippen MR) is 82.0 cm³/mol. The standard InChI is InChI=1S/C13H22IN3/c1-3-15-11-5-4-10(9(2)13(11)14)8-12-16-6-7-17-12/h4-5,9-11,13,15H,3,6-8H2,1-2H3,(H,16,17). The van der Waals surface area contributed by atoms with Gasteiger partial charge in [-0.2, -0.15) is 0 Å². The molecule has 0 saturated heterocycles. The van der Waals surface area contributed by atoms with Gasteiger partial charge in [-0.3, -0.25) is 4.99 Å². The second kappa shape index (κ2) is 6.18. The number of hydrogen-bond donors (Lipinski definition) is 2. The molecule has 0 bridgehead atoms. The first kappa shape index (κ1) is 13.3. The Hall–Kier alpha value is -0.100. The van der Waals surface area contributed by atoms with E-state index >= 15 is 0 Å². The molecule has 4 heteroatoms. The van der Waals surface area contributed by atoms with Crippen LogP contribution in [0.5, 0.6) is 0 Å². The van der Waals surface area contributed by atoms with Crippen LogP contribution >= 0.6 is 22.6 Å². The monoisotopic (exact) mass is 347 g/mol. The number of halogens is 1. The lowest BCUT2D eigenvalue weighted by molar-refractivity contribution is 0.373. The molecule has 96 valence electrons. The van der Waals surface area contributed by atoms with E-state index in [1.165, 1.54) is 5.84 Å². The topological polar surface area (TPSA) is 36.4 Å². The summed E-state index contributed by atoms with van der Waals surface area (Å²) in [5.41, 5.74) is 0. The average Bonchev–Trinajstić information content (AvgIpc) is 2.82. The lowest BCUT2D eigenvalue weighted by Gasteiger charge is -2.35. The van der Waals surface area contributed by atoms with Crippen LogP contribution in [0.1, 0.15) is 20.3 Å². The van der Waals surface area contributed by atoms with Gasteiger partial charge in [0, 0.05) is 22.9 Å². The minimum atomic E-state index is 0.533. The van der Waals surface area contributed by atoms with Crippen molar-refractivity contribution in [1.82, 2.24) is 10.6 Å². The van der Waals surface area contributed by atoms with Crippen molar-refractivity contribution in [2.24, 2.45) is 16.8 Å². The van der Waals surface area contributed by atoms with Crippen LogP contribution in [0.3, 0.4) is 0 Å².